The van der Waals surface area contributed by atoms with Crippen LogP contribution in [0.4, 0.5) is 11.4 Å². The Labute approximate surface area is 163 Å². The van der Waals surface area contributed by atoms with Gasteiger partial charge in [-0.3, -0.25) is 9.08 Å². The van der Waals surface area contributed by atoms with Crippen LogP contribution in [0.25, 0.3) is 11.1 Å². The highest BCUT2D eigenvalue weighted by atomic mass is 32.3. The summed E-state index contributed by atoms with van der Waals surface area (Å²) in [6, 6.07) is 14.1. The first-order valence-corrected chi connectivity index (χ1v) is 9.70. The van der Waals surface area contributed by atoms with Gasteiger partial charge in [-0.1, -0.05) is 12.1 Å². The molecule has 0 bridgehead atoms. The second-order valence-corrected chi connectivity index (χ2v) is 7.32. The monoisotopic (exact) mass is 407 g/mol. The Morgan fingerprint density at radius 2 is 1.89 bits per heavy atom. The SMILES string of the molecule is COS(=O)(=O)[O-].COc1ccc2nc(C3N(C)c4ccccc4[NH+]3C)oc2c1. The van der Waals surface area contributed by atoms with Crippen molar-refractivity contribution in [2.24, 2.45) is 0 Å². The molecule has 4 rings (SSSR count). The van der Waals surface area contributed by atoms with E-state index in [0.717, 1.165) is 29.8 Å². The summed E-state index contributed by atoms with van der Waals surface area (Å²) >= 11 is 0. The Kier molecular flexibility index (Phi) is 5.57. The zero-order chi connectivity index (χ0) is 20.5. The minimum absolute atomic E-state index is 0.0378. The molecule has 1 aliphatic rings. The van der Waals surface area contributed by atoms with Gasteiger partial charge in [0.25, 0.3) is 5.89 Å². The molecule has 0 saturated heterocycles. The van der Waals surface area contributed by atoms with E-state index in [-0.39, 0.29) is 6.17 Å². The van der Waals surface area contributed by atoms with Crippen molar-refractivity contribution in [3.63, 3.8) is 0 Å². The molecule has 3 aromatic rings. The second-order valence-electron chi connectivity index (χ2n) is 6.17. The van der Waals surface area contributed by atoms with E-state index in [0.29, 0.717) is 0 Å². The normalized spacial score (nSPS) is 18.5. The number of anilines is 1. The lowest BCUT2D eigenvalue weighted by molar-refractivity contribution is -0.839. The summed E-state index contributed by atoms with van der Waals surface area (Å²) in [7, 11) is 2.27. The minimum atomic E-state index is -4.41. The van der Waals surface area contributed by atoms with Crippen molar-refractivity contribution in [1.29, 1.82) is 0 Å². The zero-order valence-electron chi connectivity index (χ0n) is 15.9. The molecule has 0 saturated carbocycles. The van der Waals surface area contributed by atoms with Crippen molar-refractivity contribution < 1.29 is 31.2 Å². The molecule has 2 aromatic carbocycles. The molecule has 0 fully saturated rings. The molecule has 28 heavy (non-hydrogen) atoms. The van der Waals surface area contributed by atoms with E-state index in [2.05, 4.69) is 52.4 Å². The van der Waals surface area contributed by atoms with E-state index >= 15 is 0 Å². The summed E-state index contributed by atoms with van der Waals surface area (Å²) in [6.45, 7) is 0. The molecule has 2 unspecified atom stereocenters. The Balaban J connectivity index is 0.000000330. The van der Waals surface area contributed by atoms with Crippen molar-refractivity contribution in [2.45, 2.75) is 6.17 Å². The first-order valence-electron chi connectivity index (χ1n) is 8.36. The summed E-state index contributed by atoms with van der Waals surface area (Å²) in [5.74, 6) is 1.50. The first-order chi connectivity index (χ1) is 13.2. The predicted molar refractivity (Wildman–Crippen MR) is 101 cm³/mol. The molecule has 0 spiro atoms. The number of quaternary nitrogens is 1. The molecule has 1 aromatic heterocycles. The lowest BCUT2D eigenvalue weighted by Crippen LogP contribution is -3.04. The molecule has 2 heterocycles. The number of nitrogens with one attached hydrogen (secondary N) is 1. The number of rotatable bonds is 3. The highest BCUT2D eigenvalue weighted by Crippen LogP contribution is 2.34. The van der Waals surface area contributed by atoms with Gasteiger partial charge in [0.05, 0.1) is 21.3 Å². The standard InChI is InChI=1S/C17H17N3O2.CH4O4S/c1-19-13-6-4-5-7-14(13)20(2)17(19)16-18-12-9-8-11(21-3)10-15(12)22-16;1-5-6(2,3)4/h4-10,17H,1-3H3;1H3,(H,2,3,4). The fourth-order valence-electron chi connectivity index (χ4n) is 3.21. The number of fused-ring (bicyclic) bond motifs is 2. The third-order valence-electron chi connectivity index (χ3n) is 4.56. The molecule has 0 aliphatic carbocycles. The second kappa shape index (κ2) is 7.76. The minimum Gasteiger partial charge on any atom is -0.726 e. The first kappa shape index (κ1) is 20.1. The highest BCUT2D eigenvalue weighted by Gasteiger charge is 2.40. The number of ether oxygens (including phenoxy) is 1. The van der Waals surface area contributed by atoms with E-state index in [1.165, 1.54) is 16.3 Å². The van der Waals surface area contributed by atoms with Crippen LogP contribution in [-0.2, 0) is 14.6 Å². The van der Waals surface area contributed by atoms with Crippen LogP contribution in [0.1, 0.15) is 12.1 Å². The van der Waals surface area contributed by atoms with Crippen LogP contribution in [0.5, 0.6) is 5.75 Å². The number of oxazole rings is 1. The largest absolute Gasteiger partial charge is 0.726 e. The number of hydrogen-bond acceptors (Lipinski definition) is 8. The molecule has 1 N–H and O–H groups in total. The van der Waals surface area contributed by atoms with Gasteiger partial charge in [-0.25, -0.2) is 13.4 Å². The third-order valence-corrected chi connectivity index (χ3v) is 4.96. The molecule has 10 heteroatoms. The maximum atomic E-state index is 9.22. The summed E-state index contributed by atoms with van der Waals surface area (Å²) in [6.07, 6.45) is 0.0378. The maximum Gasteiger partial charge on any atom is 0.278 e. The fourth-order valence-corrected chi connectivity index (χ4v) is 3.21. The average Bonchev–Trinajstić information content (AvgIpc) is 3.20. The maximum absolute atomic E-state index is 9.22. The van der Waals surface area contributed by atoms with Crippen LogP contribution in [0.2, 0.25) is 0 Å². The number of nitrogens with zero attached hydrogens (tertiary/aromatic N) is 2. The van der Waals surface area contributed by atoms with Crippen LogP contribution in [0.3, 0.4) is 0 Å². The van der Waals surface area contributed by atoms with Gasteiger partial charge in [0.2, 0.25) is 16.6 Å². The predicted octanol–water partition coefficient (Wildman–Crippen LogP) is 1.22. The Bertz CT molecular complexity index is 1050. The summed E-state index contributed by atoms with van der Waals surface area (Å²) in [4.78, 5) is 8.14. The van der Waals surface area contributed by atoms with Crippen LogP contribution in [0.15, 0.2) is 46.9 Å². The van der Waals surface area contributed by atoms with Gasteiger partial charge in [-0.15, -0.1) is 0 Å². The molecule has 0 radical (unpaired) electrons. The summed E-state index contributed by atoms with van der Waals surface area (Å²) in [5, 5.41) is 0. The molecule has 1 aliphatic heterocycles. The van der Waals surface area contributed by atoms with Gasteiger partial charge < -0.3 is 18.6 Å². The van der Waals surface area contributed by atoms with Gasteiger partial charge in [-0.2, -0.15) is 0 Å². The van der Waals surface area contributed by atoms with Gasteiger partial charge in [0, 0.05) is 19.2 Å². The highest BCUT2D eigenvalue weighted by molar-refractivity contribution is 7.80. The van der Waals surface area contributed by atoms with Gasteiger partial charge in [0.1, 0.15) is 17.0 Å². The van der Waals surface area contributed by atoms with Gasteiger partial charge in [-0.05, 0) is 18.2 Å². The van der Waals surface area contributed by atoms with Crippen LogP contribution < -0.4 is 14.5 Å². The summed E-state index contributed by atoms with van der Waals surface area (Å²) < 4.78 is 42.3. The quantitative estimate of drug-likeness (QED) is 0.510. The lowest BCUT2D eigenvalue weighted by Gasteiger charge is -2.19. The Hall–Kier alpha value is -2.66. The molecular weight excluding hydrogens is 386 g/mol. The van der Waals surface area contributed by atoms with E-state index in [4.69, 9.17) is 9.15 Å². The number of para-hydroxylation sites is 2. The smallest absolute Gasteiger partial charge is 0.278 e. The number of hydrogen-bond donors (Lipinski definition) is 1. The number of methoxy groups -OCH3 is 1. The molecule has 2 atom stereocenters. The lowest BCUT2D eigenvalue weighted by atomic mass is 10.3. The Morgan fingerprint density at radius 3 is 2.50 bits per heavy atom. The van der Waals surface area contributed by atoms with Crippen LogP contribution >= 0.6 is 0 Å². The zero-order valence-corrected chi connectivity index (χ0v) is 16.7. The topological polar surface area (TPSA) is 109 Å². The molecule has 9 nitrogen and oxygen atoms in total. The Morgan fingerprint density at radius 1 is 1.21 bits per heavy atom. The van der Waals surface area contributed by atoms with Crippen LogP contribution in [0, 0.1) is 0 Å². The van der Waals surface area contributed by atoms with Crippen molar-refractivity contribution in [3.05, 3.63) is 48.4 Å². The summed E-state index contributed by atoms with van der Waals surface area (Å²) in [5.41, 5.74) is 4.08. The van der Waals surface area contributed by atoms with E-state index in [9.17, 15) is 13.0 Å². The van der Waals surface area contributed by atoms with Crippen LogP contribution in [-0.4, -0.2) is 46.3 Å². The number of benzene rings is 2. The molecule has 150 valence electrons. The van der Waals surface area contributed by atoms with E-state index in [1.54, 1.807) is 7.11 Å². The van der Waals surface area contributed by atoms with Crippen molar-refractivity contribution >= 4 is 32.9 Å². The fraction of sp³-hybridized carbons (Fsp3) is 0.278. The van der Waals surface area contributed by atoms with Crippen molar-refractivity contribution in [2.75, 3.05) is 33.2 Å². The van der Waals surface area contributed by atoms with Gasteiger partial charge >= 0.3 is 0 Å². The van der Waals surface area contributed by atoms with Crippen molar-refractivity contribution in [3.8, 4) is 5.75 Å². The average molecular weight is 407 g/mol. The van der Waals surface area contributed by atoms with Crippen molar-refractivity contribution in [1.82, 2.24) is 4.98 Å². The number of aromatic nitrogens is 1. The molecule has 0 amide bonds. The van der Waals surface area contributed by atoms with E-state index in [1.807, 2.05) is 18.2 Å². The molecular formula is C18H21N3O6S. The third kappa shape index (κ3) is 3.94. The van der Waals surface area contributed by atoms with Gasteiger partial charge in [0.15, 0.2) is 11.3 Å². The van der Waals surface area contributed by atoms with E-state index < -0.39 is 10.4 Å².